The van der Waals surface area contributed by atoms with Crippen molar-refractivity contribution in [2.75, 3.05) is 4.90 Å². The average molecular weight is 472 g/mol. The van der Waals surface area contributed by atoms with Crippen molar-refractivity contribution in [2.45, 2.75) is 39.5 Å². The van der Waals surface area contributed by atoms with E-state index in [4.69, 9.17) is 0 Å². The maximum Gasteiger partial charge on any atom is 0.336 e. The maximum absolute atomic E-state index is 13.2. The smallest absolute Gasteiger partial charge is 0.308 e. The van der Waals surface area contributed by atoms with E-state index in [0.717, 1.165) is 52.5 Å². The molecule has 2 aliphatic rings. The van der Waals surface area contributed by atoms with Crippen molar-refractivity contribution < 1.29 is 14.4 Å². The molecule has 1 aliphatic carbocycles. The number of imide groups is 2. The number of urea groups is 1. The molecule has 0 saturated carbocycles. The first-order valence-electron chi connectivity index (χ1n) is 11.0. The molecule has 3 aromatic heterocycles. The summed E-state index contributed by atoms with van der Waals surface area (Å²) < 4.78 is 2.02. The first-order valence-corrected chi connectivity index (χ1v) is 11.8. The molecule has 0 radical (unpaired) electrons. The van der Waals surface area contributed by atoms with Gasteiger partial charge in [-0.15, -0.1) is 11.3 Å². The van der Waals surface area contributed by atoms with E-state index in [2.05, 4.69) is 16.4 Å². The van der Waals surface area contributed by atoms with Crippen LogP contribution in [0.1, 0.15) is 45.8 Å². The third-order valence-corrected chi connectivity index (χ3v) is 7.52. The van der Waals surface area contributed by atoms with E-state index in [1.165, 1.54) is 23.3 Å². The summed E-state index contributed by atoms with van der Waals surface area (Å²) in [5, 5.41) is 13.0. The minimum atomic E-state index is -0.812. The predicted octanol–water partition coefficient (Wildman–Crippen LogP) is 3.97. The number of anilines is 1. The number of thiophene rings is 1. The van der Waals surface area contributed by atoms with E-state index in [-0.39, 0.29) is 11.3 Å². The second-order valence-corrected chi connectivity index (χ2v) is 9.42. The Labute approximate surface area is 200 Å². The normalized spacial score (nSPS) is 17.0. The number of hydrogen-bond acceptors (Lipinski definition) is 6. The van der Waals surface area contributed by atoms with E-state index in [9.17, 15) is 19.6 Å². The maximum atomic E-state index is 13.2. The van der Waals surface area contributed by atoms with Gasteiger partial charge in [0.2, 0.25) is 0 Å². The lowest BCUT2D eigenvalue weighted by Gasteiger charge is -2.26. The highest BCUT2D eigenvalue weighted by atomic mass is 32.1. The molecule has 0 unspecified atom stereocenters. The molecule has 1 aliphatic heterocycles. The molecule has 3 aromatic rings. The lowest BCUT2D eigenvalue weighted by atomic mass is 9.96. The molecule has 1 saturated heterocycles. The minimum Gasteiger partial charge on any atom is -0.308 e. The molecule has 5 rings (SSSR count). The van der Waals surface area contributed by atoms with E-state index < -0.39 is 17.8 Å². The summed E-state index contributed by atoms with van der Waals surface area (Å²) in [6, 6.07) is 6.65. The number of pyridine rings is 1. The van der Waals surface area contributed by atoms with Gasteiger partial charge in [0, 0.05) is 22.5 Å². The third-order valence-electron chi connectivity index (χ3n) is 6.24. The van der Waals surface area contributed by atoms with Crippen LogP contribution in [0.15, 0.2) is 36.2 Å². The number of nitriles is 1. The third kappa shape index (κ3) is 3.43. The summed E-state index contributed by atoms with van der Waals surface area (Å²) in [7, 11) is 0. The summed E-state index contributed by atoms with van der Waals surface area (Å²) in [6.07, 6.45) is 8.54. The topological polar surface area (TPSA) is 108 Å². The van der Waals surface area contributed by atoms with Crippen molar-refractivity contribution >= 4 is 40.9 Å². The van der Waals surface area contributed by atoms with Gasteiger partial charge in [-0.2, -0.15) is 5.26 Å². The standard InChI is InChI=1S/C25H21N5O3S/c1-14-10-16(15(2)29(14)24-20(12-26)18-7-3-4-8-21(18)34-24)11-19-22(31)28-25(33)30(23(19)32)17-6-5-9-27-13-17/h5-6,9-11,13H,3-4,7-8H2,1-2H3,(H,28,31,33)/b19-11+. The SMILES string of the molecule is Cc1cc(/C=C2\C(=O)NC(=O)N(c3cccnc3)C2=O)c(C)n1-c1sc2c(c1C#N)CCCC2. The number of carbonyl (C=O) groups excluding carboxylic acids is 3. The van der Waals surface area contributed by atoms with Gasteiger partial charge in [-0.1, -0.05) is 0 Å². The van der Waals surface area contributed by atoms with E-state index >= 15 is 0 Å². The fourth-order valence-electron chi connectivity index (χ4n) is 4.60. The van der Waals surface area contributed by atoms with Crippen LogP contribution in [0.5, 0.6) is 0 Å². The number of amides is 4. The monoisotopic (exact) mass is 471 g/mol. The summed E-state index contributed by atoms with van der Waals surface area (Å²) >= 11 is 1.64. The number of fused-ring (bicyclic) bond motifs is 1. The van der Waals surface area contributed by atoms with Crippen molar-refractivity contribution in [1.82, 2.24) is 14.9 Å². The number of hydrogen-bond donors (Lipinski definition) is 1. The molecule has 34 heavy (non-hydrogen) atoms. The first-order chi connectivity index (χ1) is 16.4. The van der Waals surface area contributed by atoms with Crippen LogP contribution in [-0.2, 0) is 22.4 Å². The van der Waals surface area contributed by atoms with Crippen LogP contribution >= 0.6 is 11.3 Å². The van der Waals surface area contributed by atoms with E-state index in [0.29, 0.717) is 11.1 Å². The van der Waals surface area contributed by atoms with Crippen molar-refractivity contribution in [2.24, 2.45) is 0 Å². The zero-order chi connectivity index (χ0) is 24.0. The summed E-state index contributed by atoms with van der Waals surface area (Å²) in [5.74, 6) is -1.46. The van der Waals surface area contributed by atoms with Crippen molar-refractivity contribution in [3.8, 4) is 11.1 Å². The van der Waals surface area contributed by atoms with Gasteiger partial charge in [-0.05, 0) is 74.9 Å². The Hall–Kier alpha value is -4.03. The number of carbonyl (C=O) groups is 3. The van der Waals surface area contributed by atoms with Crippen LogP contribution in [0.3, 0.4) is 0 Å². The highest BCUT2D eigenvalue weighted by Crippen LogP contribution is 2.38. The molecule has 170 valence electrons. The summed E-state index contributed by atoms with van der Waals surface area (Å²) in [5.41, 5.74) is 4.36. The molecule has 1 fully saturated rings. The van der Waals surface area contributed by atoms with Crippen LogP contribution in [0, 0.1) is 25.2 Å². The zero-order valence-corrected chi connectivity index (χ0v) is 19.5. The van der Waals surface area contributed by atoms with Crippen LogP contribution in [0.25, 0.3) is 11.1 Å². The van der Waals surface area contributed by atoms with Gasteiger partial charge >= 0.3 is 6.03 Å². The lowest BCUT2D eigenvalue weighted by Crippen LogP contribution is -2.54. The molecule has 1 N–H and O–H groups in total. The fraction of sp³-hybridized carbons (Fsp3) is 0.240. The molecule has 0 spiro atoms. The van der Waals surface area contributed by atoms with Gasteiger partial charge in [0.15, 0.2) is 0 Å². The number of aryl methyl sites for hydroxylation is 2. The highest BCUT2D eigenvalue weighted by Gasteiger charge is 2.37. The number of aromatic nitrogens is 2. The Morgan fingerprint density at radius 3 is 2.74 bits per heavy atom. The second kappa shape index (κ2) is 8.39. The molecule has 8 nitrogen and oxygen atoms in total. The lowest BCUT2D eigenvalue weighted by molar-refractivity contribution is -0.122. The molecule has 9 heteroatoms. The number of nitrogens with zero attached hydrogens (tertiary/aromatic N) is 4. The van der Waals surface area contributed by atoms with Crippen LogP contribution < -0.4 is 10.2 Å². The van der Waals surface area contributed by atoms with Crippen molar-refractivity contribution in [3.05, 3.63) is 69.1 Å². The van der Waals surface area contributed by atoms with Crippen LogP contribution in [0.2, 0.25) is 0 Å². The number of nitrogens with one attached hydrogen (secondary N) is 1. The van der Waals surface area contributed by atoms with Crippen LogP contribution in [0.4, 0.5) is 10.5 Å². The first kappa shape index (κ1) is 21.8. The predicted molar refractivity (Wildman–Crippen MR) is 128 cm³/mol. The Morgan fingerprint density at radius 1 is 1.21 bits per heavy atom. The zero-order valence-electron chi connectivity index (χ0n) is 18.7. The van der Waals surface area contributed by atoms with Gasteiger partial charge in [0.25, 0.3) is 11.8 Å². The summed E-state index contributed by atoms with van der Waals surface area (Å²) in [6.45, 7) is 3.83. The van der Waals surface area contributed by atoms with E-state index in [1.807, 2.05) is 24.5 Å². The van der Waals surface area contributed by atoms with Gasteiger partial charge < -0.3 is 4.57 Å². The second-order valence-electron chi connectivity index (χ2n) is 8.33. The molecule has 4 amide bonds. The molecule has 4 heterocycles. The fourth-order valence-corrected chi connectivity index (χ4v) is 6.05. The molecule has 0 aromatic carbocycles. The quantitative estimate of drug-likeness (QED) is 0.459. The van der Waals surface area contributed by atoms with Gasteiger partial charge in [0.05, 0.1) is 17.4 Å². The van der Waals surface area contributed by atoms with Gasteiger partial charge in [-0.25, -0.2) is 9.69 Å². The molecular weight excluding hydrogens is 450 g/mol. The van der Waals surface area contributed by atoms with Crippen molar-refractivity contribution in [3.63, 3.8) is 0 Å². The number of barbiturate groups is 1. The Bertz CT molecular complexity index is 1420. The molecular formula is C25H21N5O3S. The largest absolute Gasteiger partial charge is 0.336 e. The van der Waals surface area contributed by atoms with Gasteiger partial charge in [0.1, 0.15) is 16.6 Å². The Morgan fingerprint density at radius 2 is 2.00 bits per heavy atom. The summed E-state index contributed by atoms with van der Waals surface area (Å²) in [4.78, 5) is 44.2. The number of rotatable bonds is 3. The highest BCUT2D eigenvalue weighted by molar-refractivity contribution is 7.15. The van der Waals surface area contributed by atoms with Crippen molar-refractivity contribution in [1.29, 1.82) is 5.26 Å². The average Bonchev–Trinajstić information content (AvgIpc) is 3.32. The van der Waals surface area contributed by atoms with E-state index in [1.54, 1.807) is 23.5 Å². The molecule has 0 bridgehead atoms. The Balaban J connectivity index is 1.58. The minimum absolute atomic E-state index is 0.144. The van der Waals surface area contributed by atoms with Crippen LogP contribution in [-0.4, -0.2) is 27.4 Å². The molecule has 0 atom stereocenters. The van der Waals surface area contributed by atoms with Gasteiger partial charge in [-0.3, -0.25) is 19.9 Å². The Kier molecular flexibility index (Phi) is 5.38.